The summed E-state index contributed by atoms with van der Waals surface area (Å²) < 4.78 is 29.5. The van der Waals surface area contributed by atoms with Gasteiger partial charge in [0.2, 0.25) is 0 Å². The summed E-state index contributed by atoms with van der Waals surface area (Å²) in [7, 11) is 1.20. The van der Waals surface area contributed by atoms with Crippen LogP contribution in [-0.2, 0) is 22.5 Å². The number of esters is 1. The van der Waals surface area contributed by atoms with Crippen LogP contribution in [0.25, 0.3) is 0 Å². The third-order valence-corrected chi connectivity index (χ3v) is 2.23. The second kappa shape index (κ2) is 5.53. The zero-order valence-electron chi connectivity index (χ0n) is 9.24. The van der Waals surface area contributed by atoms with E-state index >= 15 is 0 Å². The number of pyridine rings is 1. The summed E-state index contributed by atoms with van der Waals surface area (Å²) in [6.07, 6.45) is -2.98. The van der Waals surface area contributed by atoms with Crippen LogP contribution in [0, 0.1) is 0 Å². The Kier molecular flexibility index (Phi) is 4.33. The third kappa shape index (κ3) is 3.10. The fourth-order valence-corrected chi connectivity index (χ4v) is 1.37. The van der Waals surface area contributed by atoms with E-state index in [4.69, 9.17) is 11.5 Å². The highest BCUT2D eigenvalue weighted by molar-refractivity contribution is 5.73. The van der Waals surface area contributed by atoms with Crippen LogP contribution < -0.4 is 11.5 Å². The van der Waals surface area contributed by atoms with Gasteiger partial charge in [-0.3, -0.25) is 9.78 Å². The number of anilines is 1. The van der Waals surface area contributed by atoms with Crippen LogP contribution in [0.15, 0.2) is 6.07 Å². The number of methoxy groups -OCH3 is 1. The predicted molar refractivity (Wildman–Crippen MR) is 57.2 cm³/mol. The zero-order chi connectivity index (χ0) is 13.0. The molecule has 0 aromatic carbocycles. The molecule has 1 heterocycles. The molecule has 0 aliphatic heterocycles. The van der Waals surface area contributed by atoms with Gasteiger partial charge in [0.25, 0.3) is 6.43 Å². The number of ether oxygens (including phenoxy) is 1. The van der Waals surface area contributed by atoms with Crippen molar-refractivity contribution in [2.75, 3.05) is 12.8 Å². The molecule has 0 saturated carbocycles. The van der Waals surface area contributed by atoms with E-state index in [0.717, 1.165) is 6.07 Å². The lowest BCUT2D eigenvalue weighted by Crippen LogP contribution is -2.14. The molecule has 4 N–H and O–H groups in total. The number of hydrogen-bond donors (Lipinski definition) is 2. The Morgan fingerprint density at radius 3 is 2.71 bits per heavy atom. The van der Waals surface area contributed by atoms with Crippen molar-refractivity contribution < 1.29 is 18.3 Å². The average Bonchev–Trinajstić information content (AvgIpc) is 2.28. The molecule has 0 aliphatic carbocycles. The van der Waals surface area contributed by atoms with Crippen molar-refractivity contribution >= 4 is 11.7 Å². The molecule has 0 saturated heterocycles. The largest absolute Gasteiger partial charge is 0.469 e. The second-order valence-electron chi connectivity index (χ2n) is 3.32. The average molecular weight is 245 g/mol. The zero-order valence-corrected chi connectivity index (χ0v) is 9.24. The number of rotatable bonds is 4. The Balaban J connectivity index is 3.19. The Labute approximate surface area is 96.8 Å². The summed E-state index contributed by atoms with van der Waals surface area (Å²) in [6, 6.07) is 1.06. The van der Waals surface area contributed by atoms with Crippen molar-refractivity contribution in [2.24, 2.45) is 5.73 Å². The molecule has 0 unspecified atom stereocenters. The van der Waals surface area contributed by atoms with Gasteiger partial charge in [-0.25, -0.2) is 8.78 Å². The molecule has 17 heavy (non-hydrogen) atoms. The molecule has 94 valence electrons. The molecule has 0 atom stereocenters. The normalized spacial score (nSPS) is 10.6. The summed E-state index contributed by atoms with van der Waals surface area (Å²) in [6.45, 7) is 0.0225. The SMILES string of the molecule is COC(=O)Cc1nc(C(F)F)cc(N)c1CN. The minimum Gasteiger partial charge on any atom is -0.469 e. The van der Waals surface area contributed by atoms with Crippen LogP contribution in [0.1, 0.15) is 23.4 Å². The van der Waals surface area contributed by atoms with Crippen molar-refractivity contribution in [2.45, 2.75) is 19.4 Å². The third-order valence-electron chi connectivity index (χ3n) is 2.23. The van der Waals surface area contributed by atoms with Crippen molar-refractivity contribution in [3.05, 3.63) is 23.0 Å². The number of alkyl halides is 2. The molecular formula is C10H13F2N3O2. The van der Waals surface area contributed by atoms with Gasteiger partial charge in [-0.05, 0) is 6.07 Å². The van der Waals surface area contributed by atoms with E-state index in [1.807, 2.05) is 0 Å². The maximum Gasteiger partial charge on any atom is 0.311 e. The number of carbonyl (C=O) groups excluding carboxylic acids is 1. The number of hydrogen-bond acceptors (Lipinski definition) is 5. The van der Waals surface area contributed by atoms with Gasteiger partial charge >= 0.3 is 5.97 Å². The van der Waals surface area contributed by atoms with Crippen molar-refractivity contribution in [1.29, 1.82) is 0 Å². The second-order valence-corrected chi connectivity index (χ2v) is 3.32. The molecule has 0 spiro atoms. The molecule has 5 nitrogen and oxygen atoms in total. The Morgan fingerprint density at radius 1 is 1.59 bits per heavy atom. The first kappa shape index (κ1) is 13.3. The summed E-state index contributed by atoms with van der Waals surface area (Å²) in [5.74, 6) is -0.585. The molecule has 7 heteroatoms. The lowest BCUT2D eigenvalue weighted by atomic mass is 10.1. The lowest BCUT2D eigenvalue weighted by molar-refractivity contribution is -0.139. The van der Waals surface area contributed by atoms with Crippen LogP contribution >= 0.6 is 0 Å². The molecule has 0 fully saturated rings. The molecule has 1 aromatic heterocycles. The molecule has 1 rings (SSSR count). The van der Waals surface area contributed by atoms with Crippen molar-refractivity contribution in [3.8, 4) is 0 Å². The smallest absolute Gasteiger partial charge is 0.311 e. The highest BCUT2D eigenvalue weighted by Gasteiger charge is 2.17. The lowest BCUT2D eigenvalue weighted by Gasteiger charge is -2.11. The van der Waals surface area contributed by atoms with Gasteiger partial charge in [-0.1, -0.05) is 0 Å². The van der Waals surface area contributed by atoms with E-state index in [-0.39, 0.29) is 24.3 Å². The quantitative estimate of drug-likeness (QED) is 0.765. The molecule has 1 aromatic rings. The number of nitrogen functional groups attached to an aromatic ring is 1. The number of halogens is 2. The number of nitrogens with two attached hydrogens (primary N) is 2. The summed E-state index contributed by atoms with van der Waals surface area (Å²) in [4.78, 5) is 14.8. The topological polar surface area (TPSA) is 91.2 Å². The minimum absolute atomic E-state index is 0.0225. The molecule has 0 amide bonds. The summed E-state index contributed by atoms with van der Waals surface area (Å²) in [5.41, 5.74) is 11.2. The van der Waals surface area contributed by atoms with Crippen LogP contribution in [0.5, 0.6) is 0 Å². The first-order valence-electron chi connectivity index (χ1n) is 4.82. The summed E-state index contributed by atoms with van der Waals surface area (Å²) >= 11 is 0. The van der Waals surface area contributed by atoms with Crippen LogP contribution in [0.4, 0.5) is 14.5 Å². The molecule has 0 aliphatic rings. The predicted octanol–water partition coefficient (Wildman–Crippen LogP) is 0.776. The minimum atomic E-state index is -2.75. The van der Waals surface area contributed by atoms with Gasteiger partial charge in [0.05, 0.1) is 19.2 Å². The van der Waals surface area contributed by atoms with Gasteiger partial charge in [-0.15, -0.1) is 0 Å². The first-order valence-corrected chi connectivity index (χ1v) is 4.82. The molecule has 0 radical (unpaired) electrons. The van der Waals surface area contributed by atoms with Crippen LogP contribution in [-0.4, -0.2) is 18.1 Å². The van der Waals surface area contributed by atoms with Gasteiger partial charge < -0.3 is 16.2 Å². The van der Waals surface area contributed by atoms with E-state index in [1.165, 1.54) is 7.11 Å². The van der Waals surface area contributed by atoms with Gasteiger partial charge in [0.15, 0.2) is 0 Å². The van der Waals surface area contributed by atoms with E-state index in [0.29, 0.717) is 5.56 Å². The maximum atomic E-state index is 12.5. The summed E-state index contributed by atoms with van der Waals surface area (Å²) in [5, 5.41) is 0. The van der Waals surface area contributed by atoms with Gasteiger partial charge in [-0.2, -0.15) is 0 Å². The van der Waals surface area contributed by atoms with E-state index in [2.05, 4.69) is 9.72 Å². The highest BCUT2D eigenvalue weighted by atomic mass is 19.3. The fraction of sp³-hybridized carbons (Fsp3) is 0.400. The number of carbonyl (C=O) groups is 1. The van der Waals surface area contributed by atoms with Crippen LogP contribution in [0.2, 0.25) is 0 Å². The van der Waals surface area contributed by atoms with Crippen LogP contribution in [0.3, 0.4) is 0 Å². The Bertz CT molecular complexity index is 424. The van der Waals surface area contributed by atoms with Gasteiger partial charge in [0, 0.05) is 17.8 Å². The molecule has 0 bridgehead atoms. The van der Waals surface area contributed by atoms with Gasteiger partial charge in [0.1, 0.15) is 5.69 Å². The monoisotopic (exact) mass is 245 g/mol. The first-order chi connectivity index (χ1) is 7.99. The Hall–Kier alpha value is -1.76. The number of nitrogens with zero attached hydrogens (tertiary/aromatic N) is 1. The standard InChI is InChI=1S/C10H13F2N3O2/c1-17-9(16)3-7-5(4-13)6(14)2-8(15-7)10(11)12/h2,10H,3-4,13H2,1H3,(H2,14,15). The number of aromatic nitrogens is 1. The maximum absolute atomic E-state index is 12.5. The van der Waals surface area contributed by atoms with E-state index in [1.54, 1.807) is 0 Å². The van der Waals surface area contributed by atoms with E-state index in [9.17, 15) is 13.6 Å². The fourth-order valence-electron chi connectivity index (χ4n) is 1.37. The molecular weight excluding hydrogens is 232 g/mol. The Morgan fingerprint density at radius 2 is 2.24 bits per heavy atom. The van der Waals surface area contributed by atoms with E-state index < -0.39 is 18.1 Å². The van der Waals surface area contributed by atoms with Crippen molar-refractivity contribution in [1.82, 2.24) is 4.98 Å². The highest BCUT2D eigenvalue weighted by Crippen LogP contribution is 2.23. The van der Waals surface area contributed by atoms with Crippen molar-refractivity contribution in [3.63, 3.8) is 0 Å².